The number of anilines is 1. The van der Waals surface area contributed by atoms with Crippen molar-refractivity contribution in [3.63, 3.8) is 0 Å². The summed E-state index contributed by atoms with van der Waals surface area (Å²) in [5.74, 6) is 0.212. The zero-order chi connectivity index (χ0) is 21.5. The monoisotopic (exact) mass is 431 g/mol. The van der Waals surface area contributed by atoms with Crippen molar-refractivity contribution < 1.29 is 19.1 Å². The Hall–Kier alpha value is -2.98. The third-order valence-electron chi connectivity index (χ3n) is 4.84. The van der Waals surface area contributed by atoms with Gasteiger partial charge in [-0.2, -0.15) is 0 Å². The number of benzene rings is 1. The van der Waals surface area contributed by atoms with Crippen molar-refractivity contribution in [2.45, 2.75) is 25.8 Å². The summed E-state index contributed by atoms with van der Waals surface area (Å²) < 4.78 is 5.06. The normalized spacial score (nSPS) is 14.7. The molecule has 1 aromatic heterocycles. The van der Waals surface area contributed by atoms with E-state index in [9.17, 15) is 14.4 Å². The number of urea groups is 1. The SMILES string of the molecule is COc1ccc(NC(=O)NC(=O)CN2CCC(NC(=O)c3scnc3C)CC2)cc1. The molecule has 1 aliphatic heterocycles. The number of thiazole rings is 1. The molecule has 0 spiro atoms. The molecule has 1 fully saturated rings. The summed E-state index contributed by atoms with van der Waals surface area (Å²) in [5.41, 5.74) is 2.96. The number of imide groups is 1. The fourth-order valence-electron chi connectivity index (χ4n) is 3.21. The van der Waals surface area contributed by atoms with E-state index in [-0.39, 0.29) is 24.4 Å². The van der Waals surface area contributed by atoms with Crippen molar-refractivity contribution in [1.29, 1.82) is 0 Å². The third-order valence-corrected chi connectivity index (χ3v) is 5.77. The topological polar surface area (TPSA) is 113 Å². The van der Waals surface area contributed by atoms with Crippen molar-refractivity contribution in [3.8, 4) is 5.75 Å². The van der Waals surface area contributed by atoms with E-state index in [4.69, 9.17) is 4.74 Å². The molecule has 0 unspecified atom stereocenters. The van der Waals surface area contributed by atoms with Crippen LogP contribution >= 0.6 is 11.3 Å². The van der Waals surface area contributed by atoms with Gasteiger partial charge in [0, 0.05) is 24.8 Å². The molecule has 2 aromatic rings. The zero-order valence-electron chi connectivity index (χ0n) is 16.9. The highest BCUT2D eigenvalue weighted by Gasteiger charge is 2.24. The van der Waals surface area contributed by atoms with Crippen molar-refractivity contribution in [2.24, 2.45) is 0 Å². The van der Waals surface area contributed by atoms with Crippen LogP contribution in [0.4, 0.5) is 10.5 Å². The van der Waals surface area contributed by atoms with Gasteiger partial charge in [-0.1, -0.05) is 0 Å². The molecule has 0 aliphatic carbocycles. The van der Waals surface area contributed by atoms with Crippen molar-refractivity contribution in [3.05, 3.63) is 40.3 Å². The summed E-state index contributed by atoms with van der Waals surface area (Å²) in [6, 6.07) is 6.31. The van der Waals surface area contributed by atoms with Crippen LogP contribution in [0.15, 0.2) is 29.8 Å². The Kier molecular flexibility index (Phi) is 7.36. The summed E-state index contributed by atoms with van der Waals surface area (Å²) in [5, 5.41) is 7.98. The number of carbonyl (C=O) groups excluding carboxylic acids is 3. The second-order valence-corrected chi connectivity index (χ2v) is 7.88. The predicted octanol–water partition coefficient (Wildman–Crippen LogP) is 2.00. The number of likely N-dealkylation sites (tertiary alicyclic amines) is 1. The molecular formula is C20H25N5O4S. The first kappa shape index (κ1) is 21.7. The number of carbonyl (C=O) groups is 3. The van der Waals surface area contributed by atoms with Gasteiger partial charge in [-0.25, -0.2) is 9.78 Å². The van der Waals surface area contributed by atoms with Gasteiger partial charge in [0.2, 0.25) is 5.91 Å². The maximum atomic E-state index is 12.3. The molecule has 30 heavy (non-hydrogen) atoms. The first-order valence-electron chi connectivity index (χ1n) is 9.63. The van der Waals surface area contributed by atoms with E-state index >= 15 is 0 Å². The molecule has 1 aromatic carbocycles. The zero-order valence-corrected chi connectivity index (χ0v) is 17.8. The highest BCUT2D eigenvalue weighted by atomic mass is 32.1. The molecule has 1 saturated heterocycles. The van der Waals surface area contributed by atoms with Gasteiger partial charge in [0.25, 0.3) is 5.91 Å². The fourth-order valence-corrected chi connectivity index (χ4v) is 3.92. The van der Waals surface area contributed by atoms with E-state index in [0.29, 0.717) is 29.4 Å². The molecule has 160 valence electrons. The van der Waals surface area contributed by atoms with Crippen LogP contribution in [-0.4, -0.2) is 60.5 Å². The molecule has 10 heteroatoms. The van der Waals surface area contributed by atoms with E-state index in [1.807, 2.05) is 11.8 Å². The van der Waals surface area contributed by atoms with E-state index in [2.05, 4.69) is 20.9 Å². The van der Waals surface area contributed by atoms with Crippen molar-refractivity contribution in [2.75, 3.05) is 32.1 Å². The van der Waals surface area contributed by atoms with Crippen LogP contribution in [0.3, 0.4) is 0 Å². The number of rotatable bonds is 6. The first-order chi connectivity index (χ1) is 14.4. The Bertz CT molecular complexity index is 891. The van der Waals surface area contributed by atoms with Crippen molar-refractivity contribution in [1.82, 2.24) is 20.5 Å². The molecule has 4 amide bonds. The second kappa shape index (κ2) is 10.2. The van der Waals surface area contributed by atoms with Gasteiger partial charge in [0.05, 0.1) is 24.9 Å². The van der Waals surface area contributed by atoms with Gasteiger partial charge >= 0.3 is 6.03 Å². The Balaban J connectivity index is 1.37. The van der Waals surface area contributed by atoms with Crippen LogP contribution in [0.2, 0.25) is 0 Å². The third kappa shape index (κ3) is 6.01. The minimum atomic E-state index is -0.577. The molecular weight excluding hydrogens is 406 g/mol. The van der Waals surface area contributed by atoms with E-state index < -0.39 is 6.03 Å². The van der Waals surface area contributed by atoms with E-state index in [1.54, 1.807) is 36.9 Å². The Labute approximate surface area is 178 Å². The van der Waals surface area contributed by atoms with E-state index in [0.717, 1.165) is 18.5 Å². The van der Waals surface area contributed by atoms with Crippen LogP contribution in [0.25, 0.3) is 0 Å². The Morgan fingerprint density at radius 1 is 1.20 bits per heavy atom. The number of hydrogen-bond acceptors (Lipinski definition) is 7. The molecule has 2 heterocycles. The lowest BCUT2D eigenvalue weighted by Crippen LogP contribution is -2.48. The average Bonchev–Trinajstić information content (AvgIpc) is 3.16. The fraction of sp³-hybridized carbons (Fsp3) is 0.400. The minimum absolute atomic E-state index is 0.0664. The minimum Gasteiger partial charge on any atom is -0.497 e. The molecule has 0 radical (unpaired) electrons. The number of piperidine rings is 1. The molecule has 3 rings (SSSR count). The average molecular weight is 432 g/mol. The van der Waals surface area contributed by atoms with Gasteiger partial charge in [0.1, 0.15) is 10.6 Å². The molecule has 1 aliphatic rings. The molecule has 0 atom stereocenters. The van der Waals surface area contributed by atoms with Gasteiger partial charge < -0.3 is 15.4 Å². The highest BCUT2D eigenvalue weighted by molar-refractivity contribution is 7.11. The van der Waals surface area contributed by atoms with Gasteiger partial charge in [-0.05, 0) is 44.0 Å². The first-order valence-corrected chi connectivity index (χ1v) is 10.5. The van der Waals surface area contributed by atoms with Gasteiger partial charge in [0.15, 0.2) is 0 Å². The smallest absolute Gasteiger partial charge is 0.325 e. The molecule has 0 saturated carbocycles. The predicted molar refractivity (Wildman–Crippen MR) is 114 cm³/mol. The number of methoxy groups -OCH3 is 1. The van der Waals surface area contributed by atoms with Crippen LogP contribution in [0, 0.1) is 6.92 Å². The number of nitrogens with one attached hydrogen (secondary N) is 3. The van der Waals surface area contributed by atoms with Crippen LogP contribution in [-0.2, 0) is 4.79 Å². The lowest BCUT2D eigenvalue weighted by atomic mass is 10.0. The number of ether oxygens (including phenoxy) is 1. The van der Waals surface area contributed by atoms with Crippen LogP contribution in [0.1, 0.15) is 28.2 Å². The number of amides is 4. The summed E-state index contributed by atoms with van der Waals surface area (Å²) in [6.45, 7) is 3.28. The number of nitrogens with zero attached hydrogens (tertiary/aromatic N) is 2. The van der Waals surface area contributed by atoms with Crippen LogP contribution in [0.5, 0.6) is 5.75 Å². The number of aryl methyl sites for hydroxylation is 1. The maximum Gasteiger partial charge on any atom is 0.325 e. The lowest BCUT2D eigenvalue weighted by Gasteiger charge is -2.31. The number of hydrogen-bond donors (Lipinski definition) is 3. The summed E-state index contributed by atoms with van der Waals surface area (Å²) in [6.07, 6.45) is 1.49. The van der Waals surface area contributed by atoms with Gasteiger partial charge in [-0.3, -0.25) is 19.8 Å². The van der Waals surface area contributed by atoms with Crippen molar-refractivity contribution >= 4 is 34.9 Å². The van der Waals surface area contributed by atoms with E-state index in [1.165, 1.54) is 11.3 Å². The summed E-state index contributed by atoms with van der Waals surface area (Å²) in [4.78, 5) is 43.1. The quantitative estimate of drug-likeness (QED) is 0.645. The van der Waals surface area contributed by atoms with Gasteiger partial charge in [-0.15, -0.1) is 11.3 Å². The highest BCUT2D eigenvalue weighted by Crippen LogP contribution is 2.16. The Morgan fingerprint density at radius 3 is 2.50 bits per heavy atom. The molecule has 9 nitrogen and oxygen atoms in total. The number of aromatic nitrogens is 1. The molecule has 0 bridgehead atoms. The summed E-state index contributed by atoms with van der Waals surface area (Å²) >= 11 is 1.33. The largest absolute Gasteiger partial charge is 0.497 e. The van der Waals surface area contributed by atoms with Crippen LogP contribution < -0.4 is 20.7 Å². The second-order valence-electron chi connectivity index (χ2n) is 7.02. The maximum absolute atomic E-state index is 12.3. The Morgan fingerprint density at radius 2 is 1.90 bits per heavy atom. The standard InChI is InChI=1S/C20H25N5O4S/c1-13-18(30-12-21-13)19(27)22-15-7-9-25(10-8-15)11-17(26)24-20(28)23-14-3-5-16(29-2)6-4-14/h3-6,12,15H,7-11H2,1-2H3,(H,22,27)(H2,23,24,26,28). The lowest BCUT2D eigenvalue weighted by molar-refractivity contribution is -0.121. The molecule has 3 N–H and O–H groups in total. The summed E-state index contributed by atoms with van der Waals surface area (Å²) in [7, 11) is 1.56.